The van der Waals surface area contributed by atoms with Gasteiger partial charge in [-0.25, -0.2) is 17.6 Å². The molecular formula is C9H19NO5S2. The van der Waals surface area contributed by atoms with Crippen LogP contribution >= 0.6 is 12.0 Å². The van der Waals surface area contributed by atoms with E-state index in [9.17, 15) is 8.42 Å². The Morgan fingerprint density at radius 2 is 1.71 bits per heavy atom. The van der Waals surface area contributed by atoms with Crippen LogP contribution < -0.4 is 0 Å². The third-order valence-corrected chi connectivity index (χ3v) is 5.43. The van der Waals surface area contributed by atoms with Crippen LogP contribution in [0.4, 0.5) is 0 Å². The zero-order chi connectivity index (χ0) is 12.6. The maximum Gasteiger partial charge on any atom is 0.225 e. The SMILES string of the molecule is COOOSCS(=O)(=O)N1CCCCCCC1. The molecule has 0 aromatic heterocycles. The molecule has 1 fully saturated rings. The van der Waals surface area contributed by atoms with Gasteiger partial charge in [0, 0.05) is 13.1 Å². The average Bonchev–Trinajstić information content (AvgIpc) is 2.23. The van der Waals surface area contributed by atoms with Gasteiger partial charge in [0.2, 0.25) is 10.0 Å². The molecule has 17 heavy (non-hydrogen) atoms. The van der Waals surface area contributed by atoms with E-state index in [0.717, 1.165) is 25.7 Å². The predicted octanol–water partition coefficient (Wildman–Crippen LogP) is 1.70. The Morgan fingerprint density at radius 3 is 2.29 bits per heavy atom. The molecule has 1 saturated heterocycles. The lowest BCUT2D eigenvalue weighted by atomic mass is 10.1. The van der Waals surface area contributed by atoms with E-state index in [1.807, 2.05) is 0 Å². The Balaban J connectivity index is 2.37. The first-order valence-electron chi connectivity index (χ1n) is 5.63. The molecule has 0 aromatic carbocycles. The second-order valence-electron chi connectivity index (χ2n) is 3.82. The van der Waals surface area contributed by atoms with Crippen LogP contribution in [-0.4, -0.2) is 38.0 Å². The first-order valence-corrected chi connectivity index (χ1v) is 8.15. The molecule has 0 aromatic rings. The van der Waals surface area contributed by atoms with Crippen molar-refractivity contribution in [3.63, 3.8) is 0 Å². The number of rotatable bonds is 6. The van der Waals surface area contributed by atoms with E-state index >= 15 is 0 Å². The van der Waals surface area contributed by atoms with Crippen molar-refractivity contribution in [1.82, 2.24) is 4.31 Å². The summed E-state index contributed by atoms with van der Waals surface area (Å²) < 4.78 is 29.9. The van der Waals surface area contributed by atoms with Gasteiger partial charge < -0.3 is 0 Å². The van der Waals surface area contributed by atoms with Crippen molar-refractivity contribution in [2.75, 3.05) is 25.3 Å². The monoisotopic (exact) mass is 285 g/mol. The van der Waals surface area contributed by atoms with Crippen molar-refractivity contribution in [1.29, 1.82) is 0 Å². The topological polar surface area (TPSA) is 65.1 Å². The Kier molecular flexibility index (Phi) is 7.40. The van der Waals surface area contributed by atoms with Crippen molar-refractivity contribution < 1.29 is 22.7 Å². The van der Waals surface area contributed by atoms with Crippen LogP contribution in [0.3, 0.4) is 0 Å². The van der Waals surface area contributed by atoms with Gasteiger partial charge in [-0.15, -0.1) is 4.33 Å². The average molecular weight is 285 g/mol. The first-order chi connectivity index (χ1) is 8.17. The van der Waals surface area contributed by atoms with Crippen molar-refractivity contribution >= 4 is 22.1 Å². The van der Waals surface area contributed by atoms with Gasteiger partial charge in [0.15, 0.2) is 0 Å². The summed E-state index contributed by atoms with van der Waals surface area (Å²) in [6.45, 7) is 1.21. The zero-order valence-corrected chi connectivity index (χ0v) is 11.6. The minimum Gasteiger partial charge on any atom is -0.211 e. The van der Waals surface area contributed by atoms with Crippen molar-refractivity contribution in [2.45, 2.75) is 32.1 Å². The second kappa shape index (κ2) is 8.28. The van der Waals surface area contributed by atoms with Crippen LogP contribution in [0, 0.1) is 0 Å². The fraction of sp³-hybridized carbons (Fsp3) is 1.00. The van der Waals surface area contributed by atoms with E-state index in [4.69, 9.17) is 0 Å². The van der Waals surface area contributed by atoms with Crippen LogP contribution in [0.1, 0.15) is 32.1 Å². The lowest BCUT2D eigenvalue weighted by Gasteiger charge is -2.23. The van der Waals surface area contributed by atoms with Crippen LogP contribution in [-0.2, 0) is 24.3 Å². The Labute approximate surface area is 107 Å². The van der Waals surface area contributed by atoms with E-state index < -0.39 is 10.0 Å². The molecule has 0 atom stereocenters. The summed E-state index contributed by atoms with van der Waals surface area (Å²) >= 11 is 0.714. The summed E-state index contributed by atoms with van der Waals surface area (Å²) in [4.78, 5) is 4.19. The number of nitrogens with zero attached hydrogens (tertiary/aromatic N) is 1. The van der Waals surface area contributed by atoms with Gasteiger partial charge in [0.1, 0.15) is 5.08 Å². The third-order valence-electron chi connectivity index (χ3n) is 2.55. The third kappa shape index (κ3) is 6.03. The van der Waals surface area contributed by atoms with E-state index in [1.165, 1.54) is 17.8 Å². The summed E-state index contributed by atoms with van der Waals surface area (Å²) in [6.07, 6.45) is 5.26. The summed E-state index contributed by atoms with van der Waals surface area (Å²) in [5.41, 5.74) is 0. The lowest BCUT2D eigenvalue weighted by molar-refractivity contribution is -0.447. The summed E-state index contributed by atoms with van der Waals surface area (Å²) in [5.74, 6) is 0. The molecular weight excluding hydrogens is 266 g/mol. The normalized spacial score (nSPS) is 19.8. The molecule has 0 radical (unpaired) electrons. The lowest BCUT2D eigenvalue weighted by Crippen LogP contribution is -2.34. The highest BCUT2D eigenvalue weighted by Gasteiger charge is 2.22. The minimum atomic E-state index is -3.27. The maximum atomic E-state index is 11.9. The Hall–Kier alpha value is 0.140. The van der Waals surface area contributed by atoms with E-state index in [0.29, 0.717) is 25.1 Å². The summed E-state index contributed by atoms with van der Waals surface area (Å²) in [7, 11) is -1.98. The smallest absolute Gasteiger partial charge is 0.211 e. The van der Waals surface area contributed by atoms with Crippen LogP contribution in [0.25, 0.3) is 0 Å². The molecule has 6 nitrogen and oxygen atoms in total. The molecule has 0 unspecified atom stereocenters. The van der Waals surface area contributed by atoms with Crippen molar-refractivity contribution in [3.8, 4) is 0 Å². The Morgan fingerprint density at radius 1 is 1.12 bits per heavy atom. The number of hydrogen-bond acceptors (Lipinski definition) is 6. The van der Waals surface area contributed by atoms with E-state index in [2.05, 4.69) is 14.3 Å². The van der Waals surface area contributed by atoms with Crippen molar-refractivity contribution in [3.05, 3.63) is 0 Å². The molecule has 0 aliphatic carbocycles. The zero-order valence-electron chi connectivity index (χ0n) is 9.96. The van der Waals surface area contributed by atoms with Gasteiger partial charge in [0.05, 0.1) is 19.2 Å². The predicted molar refractivity (Wildman–Crippen MR) is 65.2 cm³/mol. The van der Waals surface area contributed by atoms with Gasteiger partial charge in [-0.3, -0.25) is 0 Å². The van der Waals surface area contributed by atoms with Gasteiger partial charge in [0.25, 0.3) is 0 Å². The highest BCUT2D eigenvalue weighted by molar-refractivity contribution is 8.08. The molecule has 1 rings (SSSR count). The van der Waals surface area contributed by atoms with Gasteiger partial charge in [-0.2, -0.15) is 0 Å². The van der Waals surface area contributed by atoms with Gasteiger partial charge in [-0.1, -0.05) is 24.3 Å². The Bertz CT molecular complexity index is 288. The standard InChI is InChI=1S/C9H19NO5S2/c1-13-14-15-16-9-17(11,12)10-7-5-3-2-4-6-8-10/h2-9H2,1H3. The largest absolute Gasteiger partial charge is 0.225 e. The first kappa shape index (κ1) is 15.2. The second-order valence-corrected chi connectivity index (χ2v) is 6.81. The van der Waals surface area contributed by atoms with Crippen LogP contribution in [0.5, 0.6) is 0 Å². The number of sulfonamides is 1. The summed E-state index contributed by atoms with van der Waals surface area (Å²) in [6, 6.07) is 0. The molecule has 8 heteroatoms. The van der Waals surface area contributed by atoms with Gasteiger partial charge >= 0.3 is 0 Å². The minimum absolute atomic E-state index is 0.156. The molecule has 1 heterocycles. The quantitative estimate of drug-likeness (QED) is 0.320. The molecule has 1 aliphatic rings. The molecule has 0 saturated carbocycles. The fourth-order valence-electron chi connectivity index (χ4n) is 1.70. The molecule has 0 bridgehead atoms. The fourth-order valence-corrected chi connectivity index (χ4v) is 3.85. The van der Waals surface area contributed by atoms with Crippen LogP contribution in [0.15, 0.2) is 0 Å². The molecule has 0 N–H and O–H groups in total. The van der Waals surface area contributed by atoms with E-state index in [-0.39, 0.29) is 5.08 Å². The maximum absolute atomic E-state index is 11.9. The molecule has 102 valence electrons. The van der Waals surface area contributed by atoms with E-state index in [1.54, 1.807) is 0 Å². The molecule has 1 aliphatic heterocycles. The molecule has 0 amide bonds. The van der Waals surface area contributed by atoms with Crippen molar-refractivity contribution in [2.24, 2.45) is 0 Å². The number of hydrogen-bond donors (Lipinski definition) is 0. The highest BCUT2D eigenvalue weighted by Crippen LogP contribution is 2.17. The molecule has 0 spiro atoms. The highest BCUT2D eigenvalue weighted by atomic mass is 32.3. The van der Waals surface area contributed by atoms with Crippen LogP contribution in [0.2, 0.25) is 0 Å². The van der Waals surface area contributed by atoms with Gasteiger partial charge in [-0.05, 0) is 12.8 Å². The summed E-state index contributed by atoms with van der Waals surface area (Å²) in [5, 5.41) is 3.98.